The number of aliphatic hydroxyl groups is 3. The minimum Gasteiger partial charge on any atom is -0.494 e. The summed E-state index contributed by atoms with van der Waals surface area (Å²) in [5, 5.41) is 43.5. The first-order valence-corrected chi connectivity index (χ1v) is 16.9. The van der Waals surface area contributed by atoms with Crippen LogP contribution in [0.4, 0.5) is 0 Å². The van der Waals surface area contributed by atoms with Crippen LogP contribution in [-0.2, 0) is 21.4 Å². The van der Waals surface area contributed by atoms with Crippen LogP contribution in [0.15, 0.2) is 65.6 Å². The summed E-state index contributed by atoms with van der Waals surface area (Å²) < 4.78 is 11.8. The molecule has 9 nitrogen and oxygen atoms in total. The molecule has 11 heteroatoms. The number of primary amides is 1. The number of rotatable bonds is 11. The van der Waals surface area contributed by atoms with Crippen molar-refractivity contribution in [3.63, 3.8) is 0 Å². The number of ether oxygens (including phenoxy) is 2. The van der Waals surface area contributed by atoms with Crippen LogP contribution in [0.3, 0.4) is 0 Å². The van der Waals surface area contributed by atoms with E-state index >= 15 is 0 Å². The maximum absolute atomic E-state index is 12.5. The number of aliphatic carboxylic acids is 1. The standard InChI is InChI=1S/C35H40ClNO8S/c1-2-44-24-10-6-20(7-11-24)16-22-17-21(8-13-26(22)36)32-31(40)30(39)29(38)27(45-32)19-46-28-18-23(9-12-25(28)33(37)41)35(34(42)43)14-4-3-5-15-35/h6-13,17-18,27,29-32,38-40H,2-5,14-16,19H2,1H3,(H2,37,41)(H,42,43)/t27-,29+,30-,31-,32+/m1/s1. The lowest BCUT2D eigenvalue weighted by atomic mass is 9.69. The molecule has 1 saturated carbocycles. The maximum atomic E-state index is 12.5. The molecule has 0 bridgehead atoms. The van der Waals surface area contributed by atoms with E-state index in [9.17, 15) is 30.0 Å². The molecule has 3 aromatic carbocycles. The van der Waals surface area contributed by atoms with Gasteiger partial charge in [0, 0.05) is 15.7 Å². The maximum Gasteiger partial charge on any atom is 0.314 e. The van der Waals surface area contributed by atoms with Crippen molar-refractivity contribution in [1.29, 1.82) is 0 Å². The van der Waals surface area contributed by atoms with Crippen LogP contribution in [0.2, 0.25) is 5.02 Å². The van der Waals surface area contributed by atoms with Crippen molar-refractivity contribution < 1.29 is 39.5 Å². The Morgan fingerprint density at radius 2 is 1.70 bits per heavy atom. The van der Waals surface area contributed by atoms with Crippen LogP contribution in [0.25, 0.3) is 0 Å². The minimum atomic E-state index is -1.51. The zero-order chi connectivity index (χ0) is 33.0. The third-order valence-corrected chi connectivity index (χ3v) is 10.6. The fraction of sp³-hybridized carbons (Fsp3) is 0.429. The fourth-order valence-electron chi connectivity index (χ4n) is 6.46. The Bertz CT molecular complexity index is 1540. The van der Waals surface area contributed by atoms with Crippen molar-refractivity contribution in [3.8, 4) is 5.75 Å². The van der Waals surface area contributed by atoms with Crippen molar-refractivity contribution in [3.05, 3.63) is 93.5 Å². The number of thioether (sulfide) groups is 1. The molecule has 1 heterocycles. The summed E-state index contributed by atoms with van der Waals surface area (Å²) in [6.07, 6.45) is -2.18. The Balaban J connectivity index is 1.37. The average Bonchev–Trinajstić information content (AvgIpc) is 3.05. The normalized spacial score (nSPS) is 24.3. The molecule has 2 aliphatic rings. The average molecular weight is 670 g/mol. The van der Waals surface area contributed by atoms with Crippen LogP contribution in [-0.4, -0.2) is 69.1 Å². The quantitative estimate of drug-likeness (QED) is 0.177. The largest absolute Gasteiger partial charge is 0.494 e. The van der Waals surface area contributed by atoms with E-state index in [2.05, 4.69) is 0 Å². The van der Waals surface area contributed by atoms with Crippen LogP contribution in [0.5, 0.6) is 5.75 Å². The second kappa shape index (κ2) is 14.8. The van der Waals surface area contributed by atoms with Gasteiger partial charge in [-0.25, -0.2) is 0 Å². The van der Waals surface area contributed by atoms with Gasteiger partial charge in [-0.15, -0.1) is 11.8 Å². The number of carbonyl (C=O) groups is 2. The van der Waals surface area contributed by atoms with Crippen LogP contribution in [0, 0.1) is 0 Å². The predicted molar refractivity (Wildman–Crippen MR) is 176 cm³/mol. The number of carbonyl (C=O) groups excluding carboxylic acids is 1. The van der Waals surface area contributed by atoms with Gasteiger partial charge in [0.15, 0.2) is 0 Å². The van der Waals surface area contributed by atoms with Gasteiger partial charge >= 0.3 is 5.97 Å². The van der Waals surface area contributed by atoms with Gasteiger partial charge < -0.3 is 35.6 Å². The Labute approximate surface area is 277 Å². The van der Waals surface area contributed by atoms with E-state index in [-0.39, 0.29) is 11.3 Å². The highest BCUT2D eigenvalue weighted by molar-refractivity contribution is 7.99. The molecule has 1 saturated heterocycles. The molecule has 0 unspecified atom stereocenters. The second-order valence-corrected chi connectivity index (χ2v) is 13.5. The third kappa shape index (κ3) is 7.22. The first kappa shape index (κ1) is 34.2. The van der Waals surface area contributed by atoms with E-state index in [0.29, 0.717) is 46.9 Å². The molecule has 1 amide bonds. The molecule has 1 aliphatic heterocycles. The fourth-order valence-corrected chi connectivity index (χ4v) is 7.80. The van der Waals surface area contributed by atoms with Crippen LogP contribution in [0.1, 0.15) is 77.7 Å². The first-order valence-electron chi connectivity index (χ1n) is 15.5. The van der Waals surface area contributed by atoms with E-state index in [0.717, 1.165) is 36.1 Å². The minimum absolute atomic E-state index is 0.0951. The van der Waals surface area contributed by atoms with E-state index < -0.39 is 47.8 Å². The van der Waals surface area contributed by atoms with Crippen molar-refractivity contribution in [2.75, 3.05) is 12.4 Å². The Hall–Kier alpha value is -3.12. The van der Waals surface area contributed by atoms with Crippen molar-refractivity contribution in [2.45, 2.75) is 86.3 Å². The monoisotopic (exact) mass is 669 g/mol. The number of benzene rings is 3. The Morgan fingerprint density at radius 3 is 2.35 bits per heavy atom. The van der Waals surface area contributed by atoms with Gasteiger partial charge in [0.2, 0.25) is 5.91 Å². The summed E-state index contributed by atoms with van der Waals surface area (Å²) in [7, 11) is 0. The van der Waals surface area contributed by atoms with Gasteiger partial charge in [0.05, 0.1) is 23.7 Å². The molecule has 0 aromatic heterocycles. The SMILES string of the molecule is CCOc1ccc(Cc2cc([C@@H]3O[C@H](CSc4cc(C5(C(=O)O)CCCCC5)ccc4C(N)=O)[C@H](O)[C@@H](O)[C@H]3O)ccc2Cl)cc1. The third-order valence-electron chi connectivity index (χ3n) is 9.06. The van der Waals surface area contributed by atoms with Gasteiger partial charge in [-0.3, -0.25) is 9.59 Å². The zero-order valence-corrected chi connectivity index (χ0v) is 27.2. The van der Waals surface area contributed by atoms with E-state index in [1.54, 1.807) is 30.3 Å². The predicted octanol–water partition coefficient (Wildman–Crippen LogP) is 5.03. The summed E-state index contributed by atoms with van der Waals surface area (Å²) in [4.78, 5) is 25.3. The van der Waals surface area contributed by atoms with E-state index in [1.807, 2.05) is 37.3 Å². The molecular formula is C35H40ClNO8S. The van der Waals surface area contributed by atoms with Gasteiger partial charge in [-0.05, 0) is 78.8 Å². The number of nitrogens with two attached hydrogens (primary N) is 1. The topological polar surface area (TPSA) is 160 Å². The summed E-state index contributed by atoms with van der Waals surface area (Å²) >= 11 is 7.73. The summed E-state index contributed by atoms with van der Waals surface area (Å²) in [5.41, 5.74) is 7.84. The molecule has 3 aromatic rings. The van der Waals surface area contributed by atoms with Crippen LogP contribution < -0.4 is 10.5 Å². The molecule has 2 fully saturated rings. The van der Waals surface area contributed by atoms with Gasteiger partial charge in [-0.1, -0.05) is 61.2 Å². The molecule has 6 N–H and O–H groups in total. The second-order valence-electron chi connectivity index (χ2n) is 12.0. The van der Waals surface area contributed by atoms with Crippen molar-refractivity contribution in [2.24, 2.45) is 5.73 Å². The highest BCUT2D eigenvalue weighted by atomic mass is 35.5. The van der Waals surface area contributed by atoms with Crippen molar-refractivity contribution >= 4 is 35.2 Å². The van der Waals surface area contributed by atoms with E-state index in [1.165, 1.54) is 11.8 Å². The van der Waals surface area contributed by atoms with Gasteiger partial charge in [0.1, 0.15) is 30.2 Å². The molecule has 5 rings (SSSR count). The molecule has 5 atom stereocenters. The lowest BCUT2D eigenvalue weighted by molar-refractivity contribution is -0.218. The lowest BCUT2D eigenvalue weighted by Crippen LogP contribution is -2.54. The van der Waals surface area contributed by atoms with E-state index in [4.69, 9.17) is 26.8 Å². The number of carboxylic acids is 1. The number of carboxylic acid groups (broad SMARTS) is 1. The number of halogens is 1. The molecule has 46 heavy (non-hydrogen) atoms. The lowest BCUT2D eigenvalue weighted by Gasteiger charge is -2.41. The summed E-state index contributed by atoms with van der Waals surface area (Å²) in [6.45, 7) is 2.49. The molecule has 246 valence electrons. The number of hydrogen-bond donors (Lipinski definition) is 5. The summed E-state index contributed by atoms with van der Waals surface area (Å²) in [6, 6.07) is 17.9. The van der Waals surface area contributed by atoms with Gasteiger partial charge in [-0.2, -0.15) is 0 Å². The molecular weight excluding hydrogens is 630 g/mol. The van der Waals surface area contributed by atoms with Gasteiger partial charge in [0.25, 0.3) is 0 Å². The Kier molecular flexibility index (Phi) is 11.0. The Morgan fingerprint density at radius 1 is 0.978 bits per heavy atom. The van der Waals surface area contributed by atoms with Crippen molar-refractivity contribution in [1.82, 2.24) is 0 Å². The zero-order valence-electron chi connectivity index (χ0n) is 25.6. The molecule has 1 aliphatic carbocycles. The highest BCUT2D eigenvalue weighted by Gasteiger charge is 2.45. The number of aliphatic hydroxyl groups excluding tert-OH is 3. The molecule has 0 radical (unpaired) electrons. The first-order chi connectivity index (χ1) is 22.0. The highest BCUT2D eigenvalue weighted by Crippen LogP contribution is 2.42. The summed E-state index contributed by atoms with van der Waals surface area (Å²) in [5.74, 6) is -0.698. The number of hydrogen-bond acceptors (Lipinski definition) is 8. The molecule has 0 spiro atoms. The smallest absolute Gasteiger partial charge is 0.314 e. The number of amides is 1. The van der Waals surface area contributed by atoms with Crippen LogP contribution >= 0.6 is 23.4 Å².